The Morgan fingerprint density at radius 3 is 2.57 bits per heavy atom. The molecule has 0 saturated carbocycles. The van der Waals surface area contributed by atoms with Crippen LogP contribution in [0.3, 0.4) is 0 Å². The van der Waals surface area contributed by atoms with E-state index < -0.39 is 16.1 Å². The number of rotatable bonds is 3. The van der Waals surface area contributed by atoms with Gasteiger partial charge in [0.15, 0.2) is 0 Å². The second-order valence-corrected chi connectivity index (χ2v) is 4.95. The maximum absolute atomic E-state index is 12.8. The fourth-order valence-electron chi connectivity index (χ4n) is 1.17. The van der Waals surface area contributed by atoms with Crippen molar-refractivity contribution in [2.24, 2.45) is 0 Å². The van der Waals surface area contributed by atoms with E-state index in [-0.39, 0.29) is 5.82 Å². The zero-order chi connectivity index (χ0) is 10.8. The second kappa shape index (κ2) is 4.06. The third-order valence-electron chi connectivity index (χ3n) is 1.74. The summed E-state index contributed by atoms with van der Waals surface area (Å²) in [5.41, 5.74) is 0.607. The Balaban J connectivity index is 2.85. The predicted molar refractivity (Wildman–Crippen MR) is 52.8 cm³/mol. The van der Waals surface area contributed by atoms with E-state index in [0.29, 0.717) is 5.56 Å². The lowest BCUT2D eigenvalue weighted by atomic mass is 10.1. The lowest BCUT2D eigenvalue weighted by Gasteiger charge is -2.12. The third kappa shape index (κ3) is 3.43. The molecule has 0 aromatic heterocycles. The second-order valence-electron chi connectivity index (χ2n) is 3.17. The zero-order valence-electron chi connectivity index (χ0n) is 7.99. The molecule has 0 radical (unpaired) electrons. The first kappa shape index (κ1) is 11.1. The highest BCUT2D eigenvalue weighted by Gasteiger charge is 2.10. The Morgan fingerprint density at radius 1 is 1.43 bits per heavy atom. The van der Waals surface area contributed by atoms with Crippen molar-refractivity contribution in [1.29, 1.82) is 0 Å². The van der Waals surface area contributed by atoms with Gasteiger partial charge in [-0.1, -0.05) is 12.1 Å². The van der Waals surface area contributed by atoms with Crippen LogP contribution in [-0.2, 0) is 10.0 Å². The van der Waals surface area contributed by atoms with Crippen LogP contribution in [0.5, 0.6) is 0 Å². The molecule has 0 amide bonds. The molecule has 1 aromatic rings. The minimum Gasteiger partial charge on any atom is -0.213 e. The van der Waals surface area contributed by atoms with Gasteiger partial charge in [0.05, 0.1) is 6.26 Å². The Hall–Kier alpha value is -0.940. The molecule has 5 heteroatoms. The Morgan fingerprint density at radius 2 is 2.07 bits per heavy atom. The van der Waals surface area contributed by atoms with Crippen molar-refractivity contribution in [3.63, 3.8) is 0 Å². The highest BCUT2D eigenvalue weighted by atomic mass is 32.2. The van der Waals surface area contributed by atoms with Gasteiger partial charge in [-0.3, -0.25) is 0 Å². The summed E-state index contributed by atoms with van der Waals surface area (Å²) in [6.45, 7) is 1.66. The molecular formula is C9H12FNO2S. The standard InChI is InChI=1S/C9H12FNO2S/c1-7(11-14(2,12)13)8-4-3-5-9(10)6-8/h3-7,11H,1-2H3/t7-/m1/s1. The topological polar surface area (TPSA) is 46.2 Å². The largest absolute Gasteiger partial charge is 0.213 e. The first-order chi connectivity index (χ1) is 6.38. The van der Waals surface area contributed by atoms with E-state index >= 15 is 0 Å². The molecule has 0 saturated heterocycles. The van der Waals surface area contributed by atoms with E-state index in [1.165, 1.54) is 12.1 Å². The SMILES string of the molecule is C[C@@H](NS(C)(=O)=O)c1cccc(F)c1. The molecule has 0 aliphatic heterocycles. The molecule has 0 spiro atoms. The van der Waals surface area contributed by atoms with Crippen LogP contribution >= 0.6 is 0 Å². The van der Waals surface area contributed by atoms with Gasteiger partial charge < -0.3 is 0 Å². The van der Waals surface area contributed by atoms with Gasteiger partial charge >= 0.3 is 0 Å². The normalized spacial score (nSPS) is 13.9. The Labute approximate surface area is 83.0 Å². The van der Waals surface area contributed by atoms with E-state index in [2.05, 4.69) is 4.72 Å². The highest BCUT2D eigenvalue weighted by Crippen LogP contribution is 2.13. The van der Waals surface area contributed by atoms with Gasteiger partial charge in [-0.05, 0) is 24.6 Å². The van der Waals surface area contributed by atoms with Crippen molar-refractivity contribution < 1.29 is 12.8 Å². The smallest absolute Gasteiger partial charge is 0.209 e. The predicted octanol–water partition coefficient (Wildman–Crippen LogP) is 1.44. The van der Waals surface area contributed by atoms with Crippen molar-refractivity contribution in [3.05, 3.63) is 35.6 Å². The average Bonchev–Trinajstić information content (AvgIpc) is 2.01. The summed E-state index contributed by atoms with van der Waals surface area (Å²) in [7, 11) is -3.26. The van der Waals surface area contributed by atoms with Crippen molar-refractivity contribution in [2.45, 2.75) is 13.0 Å². The number of halogens is 1. The molecule has 0 heterocycles. The number of nitrogens with one attached hydrogen (secondary N) is 1. The number of hydrogen-bond acceptors (Lipinski definition) is 2. The van der Waals surface area contributed by atoms with E-state index in [9.17, 15) is 12.8 Å². The molecule has 0 bridgehead atoms. The van der Waals surface area contributed by atoms with Crippen LogP contribution in [0.15, 0.2) is 24.3 Å². The van der Waals surface area contributed by atoms with Gasteiger partial charge in [0.25, 0.3) is 0 Å². The van der Waals surface area contributed by atoms with Gasteiger partial charge in [0.2, 0.25) is 10.0 Å². The summed E-state index contributed by atoms with van der Waals surface area (Å²) in [5, 5.41) is 0. The van der Waals surface area contributed by atoms with Crippen LogP contribution in [0.4, 0.5) is 4.39 Å². The molecular weight excluding hydrogens is 205 g/mol. The van der Waals surface area contributed by atoms with Crippen LogP contribution in [-0.4, -0.2) is 14.7 Å². The van der Waals surface area contributed by atoms with E-state index in [1.54, 1.807) is 19.1 Å². The molecule has 14 heavy (non-hydrogen) atoms. The third-order valence-corrected chi connectivity index (χ3v) is 2.52. The quantitative estimate of drug-likeness (QED) is 0.832. The lowest BCUT2D eigenvalue weighted by molar-refractivity contribution is 0.570. The summed E-state index contributed by atoms with van der Waals surface area (Å²) in [4.78, 5) is 0. The van der Waals surface area contributed by atoms with Crippen LogP contribution in [0.1, 0.15) is 18.5 Å². The molecule has 0 aliphatic rings. The molecule has 3 nitrogen and oxygen atoms in total. The molecule has 0 unspecified atom stereocenters. The molecule has 1 atom stereocenters. The molecule has 0 aliphatic carbocycles. The first-order valence-corrected chi connectivity index (χ1v) is 6.00. The Bertz CT molecular complexity index is 417. The molecule has 78 valence electrons. The Kier molecular flexibility index (Phi) is 3.23. The molecule has 1 rings (SSSR count). The maximum atomic E-state index is 12.8. The summed E-state index contributed by atoms with van der Waals surface area (Å²) in [6, 6.07) is 5.43. The maximum Gasteiger partial charge on any atom is 0.209 e. The van der Waals surface area contributed by atoms with E-state index in [1.807, 2.05) is 0 Å². The van der Waals surface area contributed by atoms with Crippen molar-refractivity contribution in [2.75, 3.05) is 6.26 Å². The molecule has 1 N–H and O–H groups in total. The van der Waals surface area contributed by atoms with Crippen molar-refractivity contribution >= 4 is 10.0 Å². The van der Waals surface area contributed by atoms with Gasteiger partial charge in [-0.2, -0.15) is 0 Å². The van der Waals surface area contributed by atoms with Gasteiger partial charge in [-0.15, -0.1) is 0 Å². The minimum absolute atomic E-state index is 0.371. The monoisotopic (exact) mass is 217 g/mol. The van der Waals surface area contributed by atoms with Crippen molar-refractivity contribution in [3.8, 4) is 0 Å². The summed E-state index contributed by atoms with van der Waals surface area (Å²) in [5.74, 6) is -0.371. The van der Waals surface area contributed by atoms with E-state index in [4.69, 9.17) is 0 Å². The van der Waals surface area contributed by atoms with E-state index in [0.717, 1.165) is 6.26 Å². The fourth-order valence-corrected chi connectivity index (χ4v) is 1.94. The van der Waals surface area contributed by atoms with Crippen LogP contribution in [0, 0.1) is 5.82 Å². The van der Waals surface area contributed by atoms with Gasteiger partial charge in [0, 0.05) is 6.04 Å². The lowest BCUT2D eigenvalue weighted by Crippen LogP contribution is -2.25. The zero-order valence-corrected chi connectivity index (χ0v) is 8.81. The molecule has 0 fully saturated rings. The summed E-state index contributed by atoms with van der Waals surface area (Å²) in [6.07, 6.45) is 1.07. The minimum atomic E-state index is -3.26. The van der Waals surface area contributed by atoms with Gasteiger partial charge in [-0.25, -0.2) is 17.5 Å². The van der Waals surface area contributed by atoms with Crippen molar-refractivity contribution in [1.82, 2.24) is 4.72 Å². The number of benzene rings is 1. The highest BCUT2D eigenvalue weighted by molar-refractivity contribution is 7.88. The molecule has 1 aromatic carbocycles. The van der Waals surface area contributed by atoms with Crippen LogP contribution < -0.4 is 4.72 Å². The number of sulfonamides is 1. The first-order valence-electron chi connectivity index (χ1n) is 4.11. The summed E-state index contributed by atoms with van der Waals surface area (Å²) >= 11 is 0. The number of hydrogen-bond donors (Lipinski definition) is 1. The average molecular weight is 217 g/mol. The summed E-state index contributed by atoms with van der Waals surface area (Å²) < 4.78 is 36.9. The fraction of sp³-hybridized carbons (Fsp3) is 0.333. The van der Waals surface area contributed by atoms with Gasteiger partial charge in [0.1, 0.15) is 5.82 Å². The van der Waals surface area contributed by atoms with Crippen LogP contribution in [0.25, 0.3) is 0 Å². The van der Waals surface area contributed by atoms with Crippen LogP contribution in [0.2, 0.25) is 0 Å².